The predicted molar refractivity (Wildman–Crippen MR) is 51.8 cm³/mol. The Morgan fingerprint density at radius 2 is 1.80 bits per heavy atom. The molecule has 0 bridgehead atoms. The Morgan fingerprint density at radius 3 is 2.20 bits per heavy atom. The van der Waals surface area contributed by atoms with Crippen LogP contribution in [0.3, 0.4) is 0 Å². The largest absolute Gasteiger partial charge is 0.391 e. The van der Waals surface area contributed by atoms with Crippen molar-refractivity contribution in [2.45, 2.75) is 31.3 Å². The summed E-state index contributed by atoms with van der Waals surface area (Å²) in [7, 11) is 0. The van der Waals surface area contributed by atoms with Crippen LogP contribution in [0.25, 0.3) is 0 Å². The van der Waals surface area contributed by atoms with Crippen molar-refractivity contribution in [1.29, 1.82) is 0 Å². The molecule has 0 aliphatic rings. The molecule has 1 unspecified atom stereocenters. The highest BCUT2D eigenvalue weighted by Crippen LogP contribution is 2.04. The lowest BCUT2D eigenvalue weighted by Crippen LogP contribution is -2.50. The van der Waals surface area contributed by atoms with Gasteiger partial charge in [0.2, 0.25) is 0 Å². The van der Waals surface area contributed by atoms with Crippen molar-refractivity contribution in [1.82, 2.24) is 5.32 Å². The Hall–Kier alpha value is -0.730. The van der Waals surface area contributed by atoms with Crippen LogP contribution in [0.5, 0.6) is 0 Å². The van der Waals surface area contributed by atoms with Gasteiger partial charge in [-0.1, -0.05) is 0 Å². The third-order valence-electron chi connectivity index (χ3n) is 1.88. The van der Waals surface area contributed by atoms with E-state index in [1.807, 2.05) is 0 Å². The quantitative estimate of drug-likeness (QED) is 0.276. The topological polar surface area (TPSA) is 136 Å². The lowest BCUT2D eigenvalue weighted by Gasteiger charge is -2.23. The Labute approximate surface area is 87.5 Å². The summed E-state index contributed by atoms with van der Waals surface area (Å²) in [4.78, 5) is 11.1. The maximum absolute atomic E-state index is 11.1. The molecule has 0 fully saturated rings. The first-order valence-corrected chi connectivity index (χ1v) is 4.61. The lowest BCUT2D eigenvalue weighted by atomic mass is 10.0. The number of carbonyl (C=O) groups excluding carboxylic acids is 1. The average molecular weight is 222 g/mol. The van der Waals surface area contributed by atoms with Crippen LogP contribution in [0.2, 0.25) is 0 Å². The third kappa shape index (κ3) is 4.54. The zero-order valence-corrected chi connectivity index (χ0v) is 8.50. The molecule has 7 nitrogen and oxygen atoms in total. The molecule has 0 saturated carbocycles. The molecule has 7 N–H and O–H groups in total. The molecule has 1 amide bonds. The van der Waals surface area contributed by atoms with E-state index in [0.717, 1.165) is 0 Å². The second-order valence-electron chi connectivity index (χ2n) is 3.25. The number of carbonyl (C=O) groups is 1. The second kappa shape index (κ2) is 6.70. The molecule has 15 heavy (non-hydrogen) atoms. The van der Waals surface area contributed by atoms with Gasteiger partial charge in [0.1, 0.15) is 12.2 Å². The summed E-state index contributed by atoms with van der Waals surface area (Å²) in [5.74, 6) is -0.840. The monoisotopic (exact) mass is 222 g/mol. The zero-order chi connectivity index (χ0) is 12.0. The molecule has 0 aromatic rings. The van der Waals surface area contributed by atoms with Gasteiger partial charge in [-0.2, -0.15) is 0 Å². The molecule has 0 saturated heterocycles. The van der Waals surface area contributed by atoms with Gasteiger partial charge in [0.05, 0.1) is 6.10 Å². The first kappa shape index (κ1) is 14.3. The van der Waals surface area contributed by atoms with Gasteiger partial charge in [-0.25, -0.2) is 0 Å². The van der Waals surface area contributed by atoms with E-state index in [-0.39, 0.29) is 13.1 Å². The summed E-state index contributed by atoms with van der Waals surface area (Å²) < 4.78 is 0. The van der Waals surface area contributed by atoms with Crippen molar-refractivity contribution in [3.63, 3.8) is 0 Å². The van der Waals surface area contributed by atoms with Gasteiger partial charge in [0.25, 0.3) is 5.91 Å². The number of amides is 1. The minimum Gasteiger partial charge on any atom is -0.391 e. The highest BCUT2D eigenvalue weighted by molar-refractivity contribution is 5.81. The van der Waals surface area contributed by atoms with Crippen LogP contribution in [0.15, 0.2) is 0 Å². The molecule has 0 aromatic heterocycles. The number of hydrogen-bond donors (Lipinski definition) is 6. The molecule has 0 aliphatic heterocycles. The highest BCUT2D eigenvalue weighted by atomic mass is 16.4. The van der Waals surface area contributed by atoms with E-state index in [4.69, 9.17) is 10.8 Å². The van der Waals surface area contributed by atoms with Gasteiger partial charge in [0.15, 0.2) is 6.10 Å². The van der Waals surface area contributed by atoms with Crippen LogP contribution in [0.4, 0.5) is 0 Å². The number of rotatable bonds is 6. The van der Waals surface area contributed by atoms with Crippen molar-refractivity contribution in [3.8, 4) is 0 Å². The lowest BCUT2D eigenvalue weighted by molar-refractivity contribution is -0.145. The Balaban J connectivity index is 4.18. The average Bonchev–Trinajstić information content (AvgIpc) is 2.22. The van der Waals surface area contributed by atoms with E-state index in [0.29, 0.717) is 0 Å². The van der Waals surface area contributed by atoms with E-state index in [1.54, 1.807) is 0 Å². The maximum atomic E-state index is 11.1. The summed E-state index contributed by atoms with van der Waals surface area (Å²) in [5.41, 5.74) is 5.11. The second-order valence-corrected chi connectivity index (χ2v) is 3.25. The van der Waals surface area contributed by atoms with Gasteiger partial charge >= 0.3 is 0 Å². The van der Waals surface area contributed by atoms with Crippen molar-refractivity contribution >= 4 is 5.91 Å². The molecule has 90 valence electrons. The van der Waals surface area contributed by atoms with Crippen LogP contribution in [-0.4, -0.2) is 63.8 Å². The van der Waals surface area contributed by atoms with Crippen molar-refractivity contribution in [3.05, 3.63) is 0 Å². The van der Waals surface area contributed by atoms with Crippen molar-refractivity contribution < 1.29 is 25.2 Å². The SMILES string of the molecule is CC(O)[C@H](O)[C@H](O)[C@@H](O)C(=O)NCCN. The van der Waals surface area contributed by atoms with Gasteiger partial charge in [-0.15, -0.1) is 0 Å². The standard InChI is InChI=1S/C8H18N2O5/c1-4(11)5(12)6(13)7(14)8(15)10-3-2-9/h4-7,11-14H,2-3,9H2,1H3,(H,10,15)/t4?,5-,6-,7+/m0/s1. The minimum atomic E-state index is -1.79. The normalized spacial score (nSPS) is 19.1. The number of aliphatic hydroxyl groups is 4. The fraction of sp³-hybridized carbons (Fsp3) is 0.875. The highest BCUT2D eigenvalue weighted by Gasteiger charge is 2.32. The molecule has 0 aromatic carbocycles. The van der Waals surface area contributed by atoms with Crippen LogP contribution < -0.4 is 11.1 Å². The molecule has 0 aliphatic carbocycles. The molecule has 0 radical (unpaired) electrons. The Morgan fingerprint density at radius 1 is 1.27 bits per heavy atom. The van der Waals surface area contributed by atoms with Crippen molar-refractivity contribution in [2.24, 2.45) is 5.73 Å². The molecular weight excluding hydrogens is 204 g/mol. The molecule has 7 heteroatoms. The number of nitrogens with one attached hydrogen (secondary N) is 1. The van der Waals surface area contributed by atoms with E-state index in [1.165, 1.54) is 6.92 Å². The van der Waals surface area contributed by atoms with Crippen LogP contribution in [-0.2, 0) is 4.79 Å². The predicted octanol–water partition coefficient (Wildman–Crippen LogP) is -3.48. The molecular formula is C8H18N2O5. The summed E-state index contributed by atoms with van der Waals surface area (Å²) in [6.45, 7) is 1.60. The van der Waals surface area contributed by atoms with E-state index >= 15 is 0 Å². The summed E-state index contributed by atoms with van der Waals surface area (Å²) in [5, 5.41) is 38.9. The first-order chi connectivity index (χ1) is 6.91. The van der Waals surface area contributed by atoms with Crippen LogP contribution in [0.1, 0.15) is 6.92 Å². The molecule has 0 rings (SSSR count). The zero-order valence-electron chi connectivity index (χ0n) is 8.50. The Bertz CT molecular complexity index is 199. The first-order valence-electron chi connectivity index (χ1n) is 4.61. The Kier molecular flexibility index (Phi) is 6.37. The number of aliphatic hydroxyl groups excluding tert-OH is 4. The minimum absolute atomic E-state index is 0.160. The van der Waals surface area contributed by atoms with Crippen molar-refractivity contribution in [2.75, 3.05) is 13.1 Å². The van der Waals surface area contributed by atoms with Gasteiger partial charge < -0.3 is 31.5 Å². The van der Waals surface area contributed by atoms with E-state index in [9.17, 15) is 20.1 Å². The van der Waals surface area contributed by atoms with E-state index < -0.39 is 30.3 Å². The van der Waals surface area contributed by atoms with Crippen LogP contribution >= 0.6 is 0 Å². The van der Waals surface area contributed by atoms with Gasteiger partial charge in [0, 0.05) is 13.1 Å². The summed E-state index contributed by atoms with van der Waals surface area (Å²) >= 11 is 0. The fourth-order valence-electron chi connectivity index (χ4n) is 0.927. The number of nitrogens with two attached hydrogens (primary N) is 1. The molecule has 4 atom stereocenters. The number of hydrogen-bond acceptors (Lipinski definition) is 6. The fourth-order valence-corrected chi connectivity index (χ4v) is 0.927. The van der Waals surface area contributed by atoms with Crippen LogP contribution in [0, 0.1) is 0 Å². The summed E-state index contributed by atoms with van der Waals surface area (Å²) in [6, 6.07) is 0. The smallest absolute Gasteiger partial charge is 0.251 e. The van der Waals surface area contributed by atoms with E-state index in [2.05, 4.69) is 5.32 Å². The van der Waals surface area contributed by atoms with Gasteiger partial charge in [-0.05, 0) is 6.92 Å². The van der Waals surface area contributed by atoms with Gasteiger partial charge in [-0.3, -0.25) is 4.79 Å². The molecule has 0 heterocycles. The summed E-state index contributed by atoms with van der Waals surface area (Å²) in [6.07, 6.45) is -6.34. The molecule has 0 spiro atoms. The third-order valence-corrected chi connectivity index (χ3v) is 1.88. The maximum Gasteiger partial charge on any atom is 0.251 e.